The van der Waals surface area contributed by atoms with E-state index in [2.05, 4.69) is 39.7 Å². The molecule has 0 aromatic carbocycles. The molecule has 2 rings (SSSR count). The molecule has 0 saturated carbocycles. The van der Waals surface area contributed by atoms with E-state index in [-0.39, 0.29) is 0 Å². The highest BCUT2D eigenvalue weighted by molar-refractivity contribution is 7.10. The summed E-state index contributed by atoms with van der Waals surface area (Å²) in [6.07, 6.45) is 3.61. The molecule has 2 N–H and O–H groups in total. The van der Waals surface area contributed by atoms with Crippen LogP contribution in [0.15, 0.2) is 29.9 Å². The van der Waals surface area contributed by atoms with Crippen LogP contribution in [-0.2, 0) is 6.54 Å². The van der Waals surface area contributed by atoms with Crippen LogP contribution in [0.5, 0.6) is 0 Å². The first-order valence-electron chi connectivity index (χ1n) is 4.61. The fourth-order valence-electron chi connectivity index (χ4n) is 1.28. The maximum Gasteiger partial charge on any atom is 0.120 e. The summed E-state index contributed by atoms with van der Waals surface area (Å²) in [5.41, 5.74) is 0. The van der Waals surface area contributed by atoms with E-state index in [1.807, 2.05) is 6.20 Å². The standard InChI is InChI=1S/C10H13N3S/c1-8(9-3-2-6-14-9)13-7-10-11-4-5-12-10/h2-6,8,13H,7H2,1H3,(H,11,12)/t8-/m1/s1. The van der Waals surface area contributed by atoms with Crippen molar-refractivity contribution in [2.45, 2.75) is 19.5 Å². The van der Waals surface area contributed by atoms with Gasteiger partial charge < -0.3 is 10.3 Å². The lowest BCUT2D eigenvalue weighted by molar-refractivity contribution is 0.569. The zero-order valence-corrected chi connectivity index (χ0v) is 8.84. The fourth-order valence-corrected chi connectivity index (χ4v) is 2.04. The summed E-state index contributed by atoms with van der Waals surface area (Å²) in [6.45, 7) is 2.95. The number of aromatic nitrogens is 2. The molecule has 0 aliphatic carbocycles. The molecule has 0 radical (unpaired) electrons. The molecule has 4 heteroatoms. The van der Waals surface area contributed by atoms with Crippen LogP contribution < -0.4 is 5.32 Å². The van der Waals surface area contributed by atoms with E-state index in [4.69, 9.17) is 0 Å². The Morgan fingerprint density at radius 1 is 1.64 bits per heavy atom. The van der Waals surface area contributed by atoms with Crippen LogP contribution in [0.3, 0.4) is 0 Å². The summed E-state index contributed by atoms with van der Waals surface area (Å²) in [5.74, 6) is 0.980. The van der Waals surface area contributed by atoms with Crippen molar-refractivity contribution >= 4 is 11.3 Å². The number of thiophene rings is 1. The molecule has 0 amide bonds. The molecule has 3 nitrogen and oxygen atoms in total. The van der Waals surface area contributed by atoms with E-state index >= 15 is 0 Å². The normalized spacial score (nSPS) is 12.9. The molecule has 2 heterocycles. The van der Waals surface area contributed by atoms with Crippen molar-refractivity contribution in [1.82, 2.24) is 15.3 Å². The second-order valence-corrected chi connectivity index (χ2v) is 4.13. The lowest BCUT2D eigenvalue weighted by Crippen LogP contribution is -2.17. The first-order chi connectivity index (χ1) is 6.86. The van der Waals surface area contributed by atoms with Crippen LogP contribution in [0.4, 0.5) is 0 Å². The third kappa shape index (κ3) is 2.21. The van der Waals surface area contributed by atoms with Gasteiger partial charge in [0.05, 0.1) is 6.54 Å². The Morgan fingerprint density at radius 3 is 3.21 bits per heavy atom. The van der Waals surface area contributed by atoms with Crippen molar-refractivity contribution < 1.29 is 0 Å². The largest absolute Gasteiger partial charge is 0.348 e. The number of rotatable bonds is 4. The second kappa shape index (κ2) is 4.39. The van der Waals surface area contributed by atoms with Gasteiger partial charge in [0, 0.05) is 23.3 Å². The third-order valence-electron chi connectivity index (χ3n) is 2.10. The van der Waals surface area contributed by atoms with E-state index in [0.29, 0.717) is 6.04 Å². The van der Waals surface area contributed by atoms with Crippen molar-refractivity contribution in [2.75, 3.05) is 0 Å². The molecule has 0 aliphatic rings. The Hall–Kier alpha value is -1.13. The van der Waals surface area contributed by atoms with Crippen LogP contribution in [-0.4, -0.2) is 9.97 Å². The van der Waals surface area contributed by atoms with Gasteiger partial charge in [0.2, 0.25) is 0 Å². The number of nitrogens with one attached hydrogen (secondary N) is 2. The van der Waals surface area contributed by atoms with Crippen LogP contribution in [0, 0.1) is 0 Å². The van der Waals surface area contributed by atoms with E-state index in [1.54, 1.807) is 17.5 Å². The summed E-state index contributed by atoms with van der Waals surface area (Å²) < 4.78 is 0. The van der Waals surface area contributed by atoms with Crippen molar-refractivity contribution in [1.29, 1.82) is 0 Å². The van der Waals surface area contributed by atoms with Crippen LogP contribution >= 0.6 is 11.3 Å². The number of imidazole rings is 1. The van der Waals surface area contributed by atoms with Gasteiger partial charge in [-0.1, -0.05) is 6.07 Å². The summed E-state index contributed by atoms with van der Waals surface area (Å²) in [6, 6.07) is 4.61. The average molecular weight is 207 g/mol. The highest BCUT2D eigenvalue weighted by atomic mass is 32.1. The number of nitrogens with zero attached hydrogens (tertiary/aromatic N) is 1. The molecule has 0 bridgehead atoms. The predicted octanol–water partition coefficient (Wildman–Crippen LogP) is 2.32. The predicted molar refractivity (Wildman–Crippen MR) is 58.2 cm³/mol. The summed E-state index contributed by atoms with van der Waals surface area (Å²) >= 11 is 1.78. The van der Waals surface area contributed by atoms with Gasteiger partial charge in [-0.2, -0.15) is 0 Å². The van der Waals surface area contributed by atoms with Crippen LogP contribution in [0.25, 0.3) is 0 Å². The van der Waals surface area contributed by atoms with E-state index in [0.717, 1.165) is 12.4 Å². The topological polar surface area (TPSA) is 40.7 Å². The monoisotopic (exact) mass is 207 g/mol. The number of aromatic amines is 1. The molecule has 2 aromatic heterocycles. The molecule has 0 fully saturated rings. The zero-order valence-electron chi connectivity index (χ0n) is 8.03. The molecular weight excluding hydrogens is 194 g/mol. The lowest BCUT2D eigenvalue weighted by Gasteiger charge is -2.10. The minimum absolute atomic E-state index is 0.389. The SMILES string of the molecule is C[C@@H](NCc1ncc[nH]1)c1cccs1. The Bertz CT molecular complexity index is 353. The quantitative estimate of drug-likeness (QED) is 0.807. The van der Waals surface area contributed by atoms with Gasteiger partial charge in [0.1, 0.15) is 5.82 Å². The third-order valence-corrected chi connectivity index (χ3v) is 3.16. The van der Waals surface area contributed by atoms with E-state index in [9.17, 15) is 0 Å². The molecule has 2 aromatic rings. The van der Waals surface area contributed by atoms with Crippen molar-refractivity contribution in [3.8, 4) is 0 Å². The molecule has 14 heavy (non-hydrogen) atoms. The maximum absolute atomic E-state index is 4.15. The van der Waals surface area contributed by atoms with Crippen molar-refractivity contribution in [3.05, 3.63) is 40.6 Å². The second-order valence-electron chi connectivity index (χ2n) is 3.15. The Morgan fingerprint density at radius 2 is 2.57 bits per heavy atom. The molecule has 0 spiro atoms. The summed E-state index contributed by atoms with van der Waals surface area (Å²) in [5, 5.41) is 5.50. The van der Waals surface area contributed by atoms with Gasteiger partial charge in [-0.05, 0) is 18.4 Å². The number of hydrogen-bond acceptors (Lipinski definition) is 3. The molecule has 1 atom stereocenters. The fraction of sp³-hybridized carbons (Fsp3) is 0.300. The number of hydrogen-bond donors (Lipinski definition) is 2. The first-order valence-corrected chi connectivity index (χ1v) is 5.49. The zero-order chi connectivity index (χ0) is 9.80. The minimum atomic E-state index is 0.389. The summed E-state index contributed by atoms with van der Waals surface area (Å²) in [4.78, 5) is 8.58. The lowest BCUT2D eigenvalue weighted by atomic mass is 10.3. The molecule has 0 saturated heterocycles. The molecule has 0 unspecified atom stereocenters. The molecular formula is C10H13N3S. The smallest absolute Gasteiger partial charge is 0.120 e. The Kier molecular flexibility index (Phi) is 2.96. The average Bonchev–Trinajstić information content (AvgIpc) is 2.87. The number of H-pyrrole nitrogens is 1. The Balaban J connectivity index is 1.87. The van der Waals surface area contributed by atoms with Gasteiger partial charge in [0.25, 0.3) is 0 Å². The minimum Gasteiger partial charge on any atom is -0.348 e. The molecule has 0 aliphatic heterocycles. The van der Waals surface area contributed by atoms with Gasteiger partial charge >= 0.3 is 0 Å². The van der Waals surface area contributed by atoms with Gasteiger partial charge in [-0.25, -0.2) is 4.98 Å². The van der Waals surface area contributed by atoms with E-state index in [1.165, 1.54) is 4.88 Å². The summed E-state index contributed by atoms with van der Waals surface area (Å²) in [7, 11) is 0. The highest BCUT2D eigenvalue weighted by Gasteiger charge is 2.05. The Labute approximate surface area is 87.2 Å². The van der Waals surface area contributed by atoms with E-state index < -0.39 is 0 Å². The van der Waals surface area contributed by atoms with Crippen LogP contribution in [0.1, 0.15) is 23.7 Å². The van der Waals surface area contributed by atoms with Crippen LogP contribution in [0.2, 0.25) is 0 Å². The van der Waals surface area contributed by atoms with Crippen molar-refractivity contribution in [2.24, 2.45) is 0 Å². The molecule has 74 valence electrons. The van der Waals surface area contributed by atoms with Gasteiger partial charge in [-0.3, -0.25) is 0 Å². The first kappa shape index (κ1) is 9.43. The highest BCUT2D eigenvalue weighted by Crippen LogP contribution is 2.18. The van der Waals surface area contributed by atoms with Gasteiger partial charge in [-0.15, -0.1) is 11.3 Å². The van der Waals surface area contributed by atoms with Gasteiger partial charge in [0.15, 0.2) is 0 Å². The van der Waals surface area contributed by atoms with Crippen molar-refractivity contribution in [3.63, 3.8) is 0 Å². The maximum atomic E-state index is 4.15.